The predicted octanol–water partition coefficient (Wildman–Crippen LogP) is 2.94. The molecule has 1 amide bonds. The van der Waals surface area contributed by atoms with E-state index < -0.39 is 22.8 Å². The summed E-state index contributed by atoms with van der Waals surface area (Å²) < 4.78 is 7.54. The summed E-state index contributed by atoms with van der Waals surface area (Å²) in [7, 11) is 0. The van der Waals surface area contributed by atoms with Gasteiger partial charge in [0, 0.05) is 29.7 Å². The molecule has 2 N–H and O–H groups in total. The summed E-state index contributed by atoms with van der Waals surface area (Å²) in [4.78, 5) is 25.0. The van der Waals surface area contributed by atoms with Crippen LogP contribution in [0.3, 0.4) is 0 Å². The minimum absolute atomic E-state index is 0.207. The fourth-order valence-corrected chi connectivity index (χ4v) is 4.12. The molecule has 0 aliphatic heterocycles. The van der Waals surface area contributed by atoms with Gasteiger partial charge in [-0.15, -0.1) is 0 Å². The van der Waals surface area contributed by atoms with Gasteiger partial charge >= 0.3 is 5.97 Å². The van der Waals surface area contributed by atoms with Gasteiger partial charge in [0.1, 0.15) is 5.54 Å². The van der Waals surface area contributed by atoms with Crippen molar-refractivity contribution in [2.24, 2.45) is 5.41 Å². The van der Waals surface area contributed by atoms with Crippen LogP contribution in [0, 0.1) is 19.3 Å². The maximum absolute atomic E-state index is 12.9. The van der Waals surface area contributed by atoms with Crippen molar-refractivity contribution >= 4 is 11.9 Å². The van der Waals surface area contributed by atoms with E-state index in [9.17, 15) is 14.7 Å². The van der Waals surface area contributed by atoms with E-state index in [4.69, 9.17) is 4.74 Å². The van der Waals surface area contributed by atoms with Crippen LogP contribution in [0.5, 0.6) is 0 Å². The third-order valence-electron chi connectivity index (χ3n) is 6.08. The standard InChI is InChI=1S/C22H29N3O4/c1-6-29-18-12-22(20(27)28,21(18,4)5)23-19(26)17-9-7-8-16(11-17)13-25-15(3)10-14(2)24-25/h7-11,18H,6,12-13H2,1-5H3,(H,23,26)(H,27,28). The largest absolute Gasteiger partial charge is 0.479 e. The Kier molecular flexibility index (Phi) is 5.54. The normalized spacial score (nSPS) is 22.7. The number of carbonyl (C=O) groups excluding carboxylic acids is 1. The summed E-state index contributed by atoms with van der Waals surface area (Å²) in [6, 6.07) is 9.21. The number of carboxylic acids is 1. The van der Waals surface area contributed by atoms with Gasteiger partial charge in [-0.3, -0.25) is 9.48 Å². The number of nitrogens with zero attached hydrogens (tertiary/aromatic N) is 2. The van der Waals surface area contributed by atoms with Crippen molar-refractivity contribution in [1.29, 1.82) is 0 Å². The van der Waals surface area contributed by atoms with E-state index in [0.29, 0.717) is 18.7 Å². The molecule has 3 rings (SSSR count). The summed E-state index contributed by atoms with van der Waals surface area (Å²) in [6.45, 7) is 10.5. The van der Waals surface area contributed by atoms with Crippen LogP contribution in [-0.2, 0) is 16.1 Å². The molecule has 0 bridgehead atoms. The molecule has 0 radical (unpaired) electrons. The number of amides is 1. The Morgan fingerprint density at radius 1 is 1.31 bits per heavy atom. The lowest BCUT2D eigenvalue weighted by molar-refractivity contribution is -0.190. The Bertz CT molecular complexity index is 934. The smallest absolute Gasteiger partial charge is 0.330 e. The van der Waals surface area contributed by atoms with Gasteiger partial charge in [0.05, 0.1) is 18.3 Å². The first-order valence-corrected chi connectivity index (χ1v) is 9.88. The van der Waals surface area contributed by atoms with Gasteiger partial charge in [-0.05, 0) is 44.5 Å². The molecule has 1 aromatic heterocycles. The van der Waals surface area contributed by atoms with E-state index in [-0.39, 0.29) is 12.5 Å². The summed E-state index contributed by atoms with van der Waals surface area (Å²) in [5.41, 5.74) is 1.27. The first kappa shape index (κ1) is 21.0. The van der Waals surface area contributed by atoms with E-state index in [2.05, 4.69) is 10.4 Å². The SMILES string of the molecule is CCOC1CC(NC(=O)c2cccc(Cn3nc(C)cc3C)c2)(C(=O)O)C1(C)C. The van der Waals surface area contributed by atoms with Crippen LogP contribution in [0.2, 0.25) is 0 Å². The number of carboxylic acid groups (broad SMARTS) is 1. The Balaban J connectivity index is 1.80. The van der Waals surface area contributed by atoms with Gasteiger partial charge in [-0.1, -0.05) is 26.0 Å². The zero-order valence-electron chi connectivity index (χ0n) is 17.7. The molecule has 1 aromatic carbocycles. The molecule has 2 atom stereocenters. The molecule has 156 valence electrons. The second kappa shape index (κ2) is 7.63. The lowest BCUT2D eigenvalue weighted by atomic mass is 9.54. The number of aromatic nitrogens is 2. The number of aliphatic carboxylic acids is 1. The summed E-state index contributed by atoms with van der Waals surface area (Å²) in [6.07, 6.45) is 0.0432. The molecule has 1 fully saturated rings. The highest BCUT2D eigenvalue weighted by Crippen LogP contribution is 2.51. The Morgan fingerprint density at radius 3 is 2.59 bits per heavy atom. The Morgan fingerprint density at radius 2 is 2.03 bits per heavy atom. The van der Waals surface area contributed by atoms with Gasteiger partial charge in [0.2, 0.25) is 0 Å². The molecular formula is C22H29N3O4. The maximum Gasteiger partial charge on any atom is 0.330 e. The molecule has 7 heteroatoms. The second-order valence-electron chi connectivity index (χ2n) is 8.32. The molecule has 2 unspecified atom stereocenters. The predicted molar refractivity (Wildman–Crippen MR) is 109 cm³/mol. The zero-order chi connectivity index (χ0) is 21.4. The monoisotopic (exact) mass is 399 g/mol. The minimum Gasteiger partial charge on any atom is -0.479 e. The topological polar surface area (TPSA) is 93.5 Å². The van der Waals surface area contributed by atoms with E-state index >= 15 is 0 Å². The fraction of sp³-hybridized carbons (Fsp3) is 0.500. The van der Waals surface area contributed by atoms with E-state index in [1.807, 2.05) is 51.4 Å². The molecule has 1 saturated carbocycles. The quantitative estimate of drug-likeness (QED) is 0.747. The van der Waals surface area contributed by atoms with Crippen molar-refractivity contribution in [3.8, 4) is 0 Å². The van der Waals surface area contributed by atoms with Crippen molar-refractivity contribution in [3.05, 3.63) is 52.8 Å². The van der Waals surface area contributed by atoms with E-state index in [1.165, 1.54) is 0 Å². The van der Waals surface area contributed by atoms with Crippen LogP contribution >= 0.6 is 0 Å². The molecule has 1 heterocycles. The van der Waals surface area contributed by atoms with Crippen LogP contribution in [0.25, 0.3) is 0 Å². The average Bonchev–Trinajstić information content (AvgIpc) is 2.97. The number of ether oxygens (including phenoxy) is 1. The minimum atomic E-state index is -1.35. The number of nitrogens with one attached hydrogen (secondary N) is 1. The van der Waals surface area contributed by atoms with Crippen molar-refractivity contribution < 1.29 is 19.4 Å². The van der Waals surface area contributed by atoms with Crippen LogP contribution in [-0.4, -0.2) is 45.0 Å². The first-order chi connectivity index (χ1) is 13.6. The summed E-state index contributed by atoms with van der Waals surface area (Å²) in [5.74, 6) is -1.43. The Labute approximate surface area is 171 Å². The molecule has 0 spiro atoms. The lowest BCUT2D eigenvalue weighted by Crippen LogP contribution is -2.76. The highest BCUT2D eigenvalue weighted by Gasteiger charge is 2.66. The van der Waals surface area contributed by atoms with Crippen molar-refractivity contribution in [3.63, 3.8) is 0 Å². The Hall–Kier alpha value is -2.67. The molecule has 1 aliphatic rings. The van der Waals surface area contributed by atoms with Gasteiger partial charge in [-0.2, -0.15) is 5.10 Å². The third-order valence-corrected chi connectivity index (χ3v) is 6.08. The van der Waals surface area contributed by atoms with E-state index in [1.54, 1.807) is 18.2 Å². The summed E-state index contributed by atoms with van der Waals surface area (Å²) >= 11 is 0. The number of hydrogen-bond donors (Lipinski definition) is 2. The van der Waals surface area contributed by atoms with Gasteiger partial charge in [-0.25, -0.2) is 4.79 Å². The molecule has 1 aliphatic carbocycles. The second-order valence-corrected chi connectivity index (χ2v) is 8.32. The fourth-order valence-electron chi connectivity index (χ4n) is 4.12. The number of carbonyl (C=O) groups is 2. The molecule has 0 saturated heterocycles. The van der Waals surface area contributed by atoms with Crippen LogP contribution in [0.1, 0.15) is 54.5 Å². The first-order valence-electron chi connectivity index (χ1n) is 9.88. The lowest BCUT2D eigenvalue weighted by Gasteiger charge is -2.58. The molecule has 2 aromatic rings. The molecule has 29 heavy (non-hydrogen) atoms. The molecule has 7 nitrogen and oxygen atoms in total. The zero-order valence-corrected chi connectivity index (χ0v) is 17.7. The van der Waals surface area contributed by atoms with Crippen molar-refractivity contribution in [2.45, 2.75) is 59.2 Å². The third kappa shape index (κ3) is 3.67. The highest BCUT2D eigenvalue weighted by molar-refractivity contribution is 5.98. The van der Waals surface area contributed by atoms with Crippen LogP contribution in [0.4, 0.5) is 0 Å². The number of hydrogen-bond acceptors (Lipinski definition) is 4. The van der Waals surface area contributed by atoms with Gasteiger partial charge in [0.15, 0.2) is 0 Å². The van der Waals surface area contributed by atoms with Gasteiger partial charge in [0.25, 0.3) is 5.91 Å². The molecular weight excluding hydrogens is 370 g/mol. The van der Waals surface area contributed by atoms with Crippen molar-refractivity contribution in [2.75, 3.05) is 6.61 Å². The van der Waals surface area contributed by atoms with Crippen LogP contribution < -0.4 is 5.32 Å². The highest BCUT2D eigenvalue weighted by atomic mass is 16.5. The summed E-state index contributed by atoms with van der Waals surface area (Å²) in [5, 5.41) is 17.1. The van der Waals surface area contributed by atoms with Crippen LogP contribution in [0.15, 0.2) is 30.3 Å². The maximum atomic E-state index is 12.9. The number of benzene rings is 1. The van der Waals surface area contributed by atoms with E-state index in [0.717, 1.165) is 17.0 Å². The van der Waals surface area contributed by atoms with Crippen molar-refractivity contribution in [1.82, 2.24) is 15.1 Å². The number of aryl methyl sites for hydroxylation is 2. The number of rotatable bonds is 7. The average molecular weight is 399 g/mol. The van der Waals surface area contributed by atoms with Gasteiger partial charge < -0.3 is 15.2 Å².